The van der Waals surface area contributed by atoms with Gasteiger partial charge in [0.25, 0.3) is 0 Å². The molecule has 0 fully saturated rings. The summed E-state index contributed by atoms with van der Waals surface area (Å²) in [6, 6.07) is 3.55. The fourth-order valence-electron chi connectivity index (χ4n) is 1.24. The van der Waals surface area contributed by atoms with Crippen molar-refractivity contribution in [1.29, 1.82) is 0 Å². The summed E-state index contributed by atoms with van der Waals surface area (Å²) >= 11 is 0. The van der Waals surface area contributed by atoms with Crippen molar-refractivity contribution in [2.45, 2.75) is 26.0 Å². The summed E-state index contributed by atoms with van der Waals surface area (Å²) in [6.45, 7) is 4.43. The molecule has 0 radical (unpaired) electrons. The van der Waals surface area contributed by atoms with E-state index in [0.717, 1.165) is 5.56 Å². The normalized spacial score (nSPS) is 12.9. The van der Waals surface area contributed by atoms with E-state index in [1.165, 1.54) is 0 Å². The molecule has 0 aliphatic heterocycles. The molecule has 1 unspecified atom stereocenters. The van der Waals surface area contributed by atoms with Crippen LogP contribution in [0.15, 0.2) is 18.3 Å². The summed E-state index contributed by atoms with van der Waals surface area (Å²) in [6.07, 6.45) is 1.86. The van der Waals surface area contributed by atoms with Crippen molar-refractivity contribution in [1.82, 2.24) is 4.98 Å². The van der Waals surface area contributed by atoms with Crippen molar-refractivity contribution in [2.24, 2.45) is 5.73 Å². The van der Waals surface area contributed by atoms with Crippen molar-refractivity contribution in [3.63, 3.8) is 0 Å². The number of hydrogen-bond donors (Lipinski definition) is 1. The van der Waals surface area contributed by atoms with Crippen LogP contribution in [0.25, 0.3) is 0 Å². The van der Waals surface area contributed by atoms with Crippen LogP contribution in [0, 0.1) is 0 Å². The monoisotopic (exact) mass is 210 g/mol. The zero-order valence-corrected chi connectivity index (χ0v) is 9.43. The number of aromatic nitrogens is 1. The van der Waals surface area contributed by atoms with Crippen LogP contribution in [-0.4, -0.2) is 24.8 Å². The van der Waals surface area contributed by atoms with E-state index in [-0.39, 0.29) is 12.1 Å². The van der Waals surface area contributed by atoms with Crippen molar-refractivity contribution in [2.75, 3.05) is 13.7 Å². The van der Waals surface area contributed by atoms with Crippen molar-refractivity contribution in [3.8, 4) is 5.88 Å². The van der Waals surface area contributed by atoms with Gasteiger partial charge in [-0.2, -0.15) is 0 Å². The maximum absolute atomic E-state index is 5.97. The zero-order valence-electron chi connectivity index (χ0n) is 9.43. The fraction of sp³-hybridized carbons (Fsp3) is 0.545. The van der Waals surface area contributed by atoms with Crippen LogP contribution >= 0.6 is 0 Å². The lowest BCUT2D eigenvalue weighted by molar-refractivity contribution is 0.0677. The van der Waals surface area contributed by atoms with E-state index < -0.39 is 0 Å². The Balaban J connectivity index is 2.68. The first-order chi connectivity index (χ1) is 7.15. The number of hydrogen-bond acceptors (Lipinski definition) is 4. The largest absolute Gasteiger partial charge is 0.481 e. The standard InChI is InChI=1S/C11H18N2O2/c1-8(2)15-7-10(12)9-5-4-6-13-11(9)14-3/h4-6,8,10H,7,12H2,1-3H3. The van der Waals surface area contributed by atoms with E-state index >= 15 is 0 Å². The molecule has 0 saturated carbocycles. The number of methoxy groups -OCH3 is 1. The number of ether oxygens (including phenoxy) is 2. The van der Waals surface area contributed by atoms with Crippen molar-refractivity contribution < 1.29 is 9.47 Å². The topological polar surface area (TPSA) is 57.4 Å². The Bertz CT molecular complexity index is 302. The minimum absolute atomic E-state index is 0.179. The first-order valence-electron chi connectivity index (χ1n) is 5.01. The molecule has 1 heterocycles. The van der Waals surface area contributed by atoms with Gasteiger partial charge in [0.15, 0.2) is 0 Å². The Labute approximate surface area is 90.4 Å². The number of rotatable bonds is 5. The number of nitrogens with two attached hydrogens (primary N) is 1. The molecule has 0 bridgehead atoms. The van der Waals surface area contributed by atoms with Gasteiger partial charge >= 0.3 is 0 Å². The Morgan fingerprint density at radius 3 is 2.80 bits per heavy atom. The molecule has 0 spiro atoms. The molecule has 0 saturated heterocycles. The lowest BCUT2D eigenvalue weighted by atomic mass is 10.1. The molecule has 0 amide bonds. The average molecular weight is 210 g/mol. The van der Waals surface area contributed by atoms with Crippen LogP contribution in [0.1, 0.15) is 25.5 Å². The second kappa shape index (κ2) is 5.68. The Hall–Kier alpha value is -1.13. The molecule has 0 aromatic carbocycles. The number of pyridine rings is 1. The highest BCUT2D eigenvalue weighted by atomic mass is 16.5. The fourth-order valence-corrected chi connectivity index (χ4v) is 1.24. The molecule has 0 aliphatic carbocycles. The maximum Gasteiger partial charge on any atom is 0.217 e. The summed E-state index contributed by atoms with van der Waals surface area (Å²) in [7, 11) is 1.59. The third-order valence-corrected chi connectivity index (χ3v) is 2.00. The van der Waals surface area contributed by atoms with Crippen LogP contribution in [-0.2, 0) is 4.74 Å². The summed E-state index contributed by atoms with van der Waals surface area (Å²) in [5.74, 6) is 0.567. The molecular weight excluding hydrogens is 192 g/mol. The summed E-state index contributed by atoms with van der Waals surface area (Å²) in [4.78, 5) is 4.09. The quantitative estimate of drug-likeness (QED) is 0.800. The molecule has 84 valence electrons. The van der Waals surface area contributed by atoms with Crippen LogP contribution in [0.4, 0.5) is 0 Å². The highest BCUT2D eigenvalue weighted by molar-refractivity contribution is 5.28. The van der Waals surface area contributed by atoms with Gasteiger partial charge in [0, 0.05) is 11.8 Å². The van der Waals surface area contributed by atoms with Gasteiger partial charge in [-0.15, -0.1) is 0 Å². The molecule has 1 atom stereocenters. The second-order valence-electron chi connectivity index (χ2n) is 3.59. The Morgan fingerprint density at radius 2 is 2.20 bits per heavy atom. The first-order valence-corrected chi connectivity index (χ1v) is 5.01. The second-order valence-corrected chi connectivity index (χ2v) is 3.59. The number of nitrogens with zero attached hydrogens (tertiary/aromatic N) is 1. The lowest BCUT2D eigenvalue weighted by Gasteiger charge is -2.16. The van der Waals surface area contributed by atoms with Crippen molar-refractivity contribution >= 4 is 0 Å². The van der Waals surface area contributed by atoms with Gasteiger partial charge in [-0.05, 0) is 19.9 Å². The van der Waals surface area contributed by atoms with E-state index in [1.807, 2.05) is 26.0 Å². The van der Waals surface area contributed by atoms with Crippen LogP contribution in [0.5, 0.6) is 5.88 Å². The minimum atomic E-state index is -0.198. The van der Waals surface area contributed by atoms with E-state index in [1.54, 1.807) is 13.3 Å². The molecule has 1 aromatic rings. The van der Waals surface area contributed by atoms with Crippen LogP contribution in [0.3, 0.4) is 0 Å². The van der Waals surface area contributed by atoms with Gasteiger partial charge in [-0.25, -0.2) is 4.98 Å². The van der Waals surface area contributed by atoms with Gasteiger partial charge in [0.1, 0.15) is 0 Å². The minimum Gasteiger partial charge on any atom is -0.481 e. The van der Waals surface area contributed by atoms with Crippen LogP contribution < -0.4 is 10.5 Å². The molecule has 1 aromatic heterocycles. The molecule has 1 rings (SSSR count). The highest BCUT2D eigenvalue weighted by Crippen LogP contribution is 2.20. The molecule has 4 heteroatoms. The van der Waals surface area contributed by atoms with E-state index in [4.69, 9.17) is 15.2 Å². The van der Waals surface area contributed by atoms with E-state index in [0.29, 0.717) is 12.5 Å². The Morgan fingerprint density at radius 1 is 1.47 bits per heavy atom. The molecule has 4 nitrogen and oxygen atoms in total. The predicted molar refractivity (Wildman–Crippen MR) is 58.8 cm³/mol. The summed E-state index contributed by atoms with van der Waals surface area (Å²) in [5, 5.41) is 0. The van der Waals surface area contributed by atoms with Crippen LogP contribution in [0.2, 0.25) is 0 Å². The maximum atomic E-state index is 5.97. The lowest BCUT2D eigenvalue weighted by Crippen LogP contribution is -2.20. The molecule has 0 aliphatic rings. The predicted octanol–water partition coefficient (Wildman–Crippen LogP) is 1.51. The Kier molecular flexibility index (Phi) is 4.52. The van der Waals surface area contributed by atoms with Gasteiger partial charge in [0.2, 0.25) is 5.88 Å². The van der Waals surface area contributed by atoms with Gasteiger partial charge in [-0.1, -0.05) is 6.07 Å². The molecule has 2 N–H and O–H groups in total. The van der Waals surface area contributed by atoms with Gasteiger partial charge in [0.05, 0.1) is 25.9 Å². The average Bonchev–Trinajstić information content (AvgIpc) is 2.25. The van der Waals surface area contributed by atoms with Crippen molar-refractivity contribution in [3.05, 3.63) is 23.9 Å². The zero-order chi connectivity index (χ0) is 11.3. The van der Waals surface area contributed by atoms with E-state index in [2.05, 4.69) is 4.98 Å². The summed E-state index contributed by atoms with van der Waals surface area (Å²) in [5.41, 5.74) is 6.85. The first kappa shape index (κ1) is 11.9. The smallest absolute Gasteiger partial charge is 0.217 e. The summed E-state index contributed by atoms with van der Waals surface area (Å²) < 4.78 is 10.6. The SMILES string of the molecule is COc1ncccc1C(N)COC(C)C. The van der Waals surface area contributed by atoms with E-state index in [9.17, 15) is 0 Å². The third-order valence-electron chi connectivity index (χ3n) is 2.00. The molecule has 15 heavy (non-hydrogen) atoms. The third kappa shape index (κ3) is 3.49. The van der Waals surface area contributed by atoms with Gasteiger partial charge in [-0.3, -0.25) is 0 Å². The van der Waals surface area contributed by atoms with Gasteiger partial charge < -0.3 is 15.2 Å². The molecular formula is C11H18N2O2. The highest BCUT2D eigenvalue weighted by Gasteiger charge is 2.12.